The van der Waals surface area contributed by atoms with E-state index in [0.29, 0.717) is 12.0 Å². The van der Waals surface area contributed by atoms with Gasteiger partial charge in [0.05, 0.1) is 16.6 Å². The summed E-state index contributed by atoms with van der Waals surface area (Å²) in [4.78, 5) is 10.8. The van der Waals surface area contributed by atoms with Crippen LogP contribution in [0.5, 0.6) is 0 Å². The topological polar surface area (TPSA) is 22.0 Å². The van der Waals surface area contributed by atoms with Gasteiger partial charge in [0, 0.05) is 16.5 Å². The van der Waals surface area contributed by atoms with E-state index in [-0.39, 0.29) is 5.56 Å². The molecule has 0 saturated heterocycles. The zero-order valence-electron chi connectivity index (χ0n) is 11.7. The maximum absolute atomic E-state index is 14.0. The van der Waals surface area contributed by atoms with Crippen molar-refractivity contribution < 1.29 is 9.18 Å². The number of aldehydes is 1. The predicted octanol–water partition coefficient (Wildman–Crippen LogP) is 4.74. The highest BCUT2D eigenvalue weighted by atomic mass is 19.1. The lowest BCUT2D eigenvalue weighted by Gasteiger charge is -2.08. The first-order chi connectivity index (χ1) is 10.8. The van der Waals surface area contributed by atoms with Crippen molar-refractivity contribution in [3.8, 4) is 5.69 Å². The fraction of sp³-hybridized carbons (Fsp3) is 0. The minimum absolute atomic E-state index is 0.0736. The Morgan fingerprint density at radius 2 is 1.41 bits per heavy atom. The molecule has 0 saturated carbocycles. The van der Waals surface area contributed by atoms with E-state index < -0.39 is 5.82 Å². The molecular weight excluding hydrogens is 277 g/mol. The first-order valence-electron chi connectivity index (χ1n) is 7.03. The van der Waals surface area contributed by atoms with Crippen molar-refractivity contribution in [2.45, 2.75) is 0 Å². The van der Waals surface area contributed by atoms with Gasteiger partial charge in [-0.15, -0.1) is 0 Å². The molecule has 0 aliphatic rings. The number of fused-ring (bicyclic) bond motifs is 3. The molecule has 106 valence electrons. The summed E-state index contributed by atoms with van der Waals surface area (Å²) in [6, 6.07) is 20.8. The largest absolute Gasteiger partial charge is 0.309 e. The average Bonchev–Trinajstić information content (AvgIpc) is 2.89. The molecule has 22 heavy (non-hydrogen) atoms. The number of benzene rings is 3. The zero-order chi connectivity index (χ0) is 15.1. The fourth-order valence-electron chi connectivity index (χ4n) is 2.95. The standard InChI is InChI=1S/C19H12FNO/c20-17-11-14(10-9-13(17)12-22)21-18-7-3-1-5-15(18)16-6-2-4-8-19(16)21/h1-12H. The molecule has 1 heterocycles. The molecule has 1 aromatic heterocycles. The van der Waals surface area contributed by atoms with Gasteiger partial charge in [0.15, 0.2) is 6.29 Å². The highest BCUT2D eigenvalue weighted by Crippen LogP contribution is 2.31. The third kappa shape index (κ3) is 1.76. The van der Waals surface area contributed by atoms with Crippen LogP contribution in [0, 0.1) is 5.82 Å². The molecule has 2 nitrogen and oxygen atoms in total. The van der Waals surface area contributed by atoms with Crippen LogP contribution in [0.4, 0.5) is 4.39 Å². The van der Waals surface area contributed by atoms with Crippen LogP contribution in [0.25, 0.3) is 27.5 Å². The van der Waals surface area contributed by atoms with E-state index in [4.69, 9.17) is 0 Å². The Hall–Kier alpha value is -2.94. The van der Waals surface area contributed by atoms with Crippen molar-refractivity contribution in [2.24, 2.45) is 0 Å². The summed E-state index contributed by atoms with van der Waals surface area (Å²) < 4.78 is 16.0. The van der Waals surface area contributed by atoms with E-state index in [1.54, 1.807) is 6.07 Å². The number of carbonyl (C=O) groups is 1. The Kier molecular flexibility index (Phi) is 2.79. The third-order valence-electron chi connectivity index (χ3n) is 3.95. The molecule has 0 spiro atoms. The van der Waals surface area contributed by atoms with Gasteiger partial charge in [-0.05, 0) is 30.3 Å². The second-order valence-corrected chi connectivity index (χ2v) is 5.19. The van der Waals surface area contributed by atoms with Crippen LogP contribution in [0.2, 0.25) is 0 Å². The summed E-state index contributed by atoms with van der Waals surface area (Å²) in [6.07, 6.45) is 0.533. The molecule has 3 heteroatoms. The maximum Gasteiger partial charge on any atom is 0.152 e. The molecule has 4 aromatic rings. The van der Waals surface area contributed by atoms with Gasteiger partial charge in [-0.25, -0.2) is 4.39 Å². The fourth-order valence-corrected chi connectivity index (χ4v) is 2.95. The summed E-state index contributed by atoms with van der Waals surface area (Å²) in [5, 5.41) is 2.25. The Bertz CT molecular complexity index is 963. The molecule has 0 atom stereocenters. The second kappa shape index (κ2) is 4.81. The predicted molar refractivity (Wildman–Crippen MR) is 86.1 cm³/mol. The number of hydrogen-bond donors (Lipinski definition) is 0. The normalized spacial score (nSPS) is 11.1. The van der Waals surface area contributed by atoms with Crippen LogP contribution in [0.1, 0.15) is 10.4 Å². The van der Waals surface area contributed by atoms with E-state index in [1.807, 2.05) is 41.0 Å². The number of hydrogen-bond acceptors (Lipinski definition) is 1. The zero-order valence-corrected chi connectivity index (χ0v) is 11.7. The SMILES string of the molecule is O=Cc1ccc(-n2c3ccccc3c3ccccc32)cc1F. The average molecular weight is 289 g/mol. The van der Waals surface area contributed by atoms with Crippen LogP contribution in [-0.2, 0) is 0 Å². The van der Waals surface area contributed by atoms with E-state index in [0.717, 1.165) is 21.8 Å². The molecular formula is C19H12FNO. The summed E-state index contributed by atoms with van der Waals surface area (Å²) >= 11 is 0. The molecule has 0 N–H and O–H groups in total. The lowest BCUT2D eigenvalue weighted by molar-refractivity contribution is 0.112. The van der Waals surface area contributed by atoms with Gasteiger partial charge in [0.25, 0.3) is 0 Å². The Morgan fingerprint density at radius 3 is 1.95 bits per heavy atom. The minimum Gasteiger partial charge on any atom is -0.309 e. The number of halogens is 1. The number of aromatic nitrogens is 1. The molecule has 0 radical (unpaired) electrons. The van der Waals surface area contributed by atoms with Crippen molar-refractivity contribution in [1.29, 1.82) is 0 Å². The van der Waals surface area contributed by atoms with Crippen LogP contribution in [0.15, 0.2) is 66.7 Å². The van der Waals surface area contributed by atoms with E-state index in [1.165, 1.54) is 12.1 Å². The Balaban J connectivity index is 2.12. The summed E-state index contributed by atoms with van der Waals surface area (Å²) in [5.41, 5.74) is 2.81. The lowest BCUT2D eigenvalue weighted by atomic mass is 10.2. The van der Waals surface area contributed by atoms with Crippen LogP contribution in [-0.4, -0.2) is 10.9 Å². The van der Waals surface area contributed by atoms with Crippen molar-refractivity contribution in [3.05, 3.63) is 78.1 Å². The first-order valence-corrected chi connectivity index (χ1v) is 7.03. The Morgan fingerprint density at radius 1 is 0.818 bits per heavy atom. The van der Waals surface area contributed by atoms with E-state index >= 15 is 0 Å². The van der Waals surface area contributed by atoms with Gasteiger partial charge < -0.3 is 4.57 Å². The number of rotatable bonds is 2. The van der Waals surface area contributed by atoms with E-state index in [9.17, 15) is 9.18 Å². The lowest BCUT2D eigenvalue weighted by Crippen LogP contribution is -1.96. The molecule has 3 aromatic carbocycles. The third-order valence-corrected chi connectivity index (χ3v) is 3.95. The van der Waals surface area contributed by atoms with Crippen molar-refractivity contribution >= 4 is 28.1 Å². The van der Waals surface area contributed by atoms with Crippen LogP contribution in [0.3, 0.4) is 0 Å². The maximum atomic E-state index is 14.0. The molecule has 0 aliphatic heterocycles. The minimum atomic E-state index is -0.505. The van der Waals surface area contributed by atoms with Gasteiger partial charge in [-0.1, -0.05) is 36.4 Å². The molecule has 0 fully saturated rings. The van der Waals surface area contributed by atoms with Gasteiger partial charge >= 0.3 is 0 Å². The van der Waals surface area contributed by atoms with Gasteiger partial charge in [0.1, 0.15) is 5.82 Å². The summed E-state index contributed by atoms with van der Waals surface area (Å²) in [6.45, 7) is 0. The quantitative estimate of drug-likeness (QED) is 0.489. The summed E-state index contributed by atoms with van der Waals surface area (Å²) in [7, 11) is 0. The molecule has 0 aliphatic carbocycles. The van der Waals surface area contributed by atoms with Crippen molar-refractivity contribution in [1.82, 2.24) is 4.57 Å². The summed E-state index contributed by atoms with van der Waals surface area (Å²) in [5.74, 6) is -0.505. The van der Waals surface area contributed by atoms with Crippen LogP contribution >= 0.6 is 0 Å². The van der Waals surface area contributed by atoms with Gasteiger partial charge in [0.2, 0.25) is 0 Å². The molecule has 0 bridgehead atoms. The van der Waals surface area contributed by atoms with Crippen LogP contribution < -0.4 is 0 Å². The second-order valence-electron chi connectivity index (χ2n) is 5.19. The molecule has 0 amide bonds. The number of para-hydroxylation sites is 2. The smallest absolute Gasteiger partial charge is 0.152 e. The molecule has 4 rings (SSSR count). The highest BCUT2D eigenvalue weighted by Gasteiger charge is 2.12. The first kappa shape index (κ1) is 12.8. The van der Waals surface area contributed by atoms with Gasteiger partial charge in [-0.2, -0.15) is 0 Å². The van der Waals surface area contributed by atoms with Crippen molar-refractivity contribution in [2.75, 3.05) is 0 Å². The number of nitrogens with zero attached hydrogens (tertiary/aromatic N) is 1. The number of carbonyl (C=O) groups excluding carboxylic acids is 1. The Labute approximate surface area is 126 Å². The van der Waals surface area contributed by atoms with Crippen molar-refractivity contribution in [3.63, 3.8) is 0 Å². The molecule has 0 unspecified atom stereocenters. The highest BCUT2D eigenvalue weighted by molar-refractivity contribution is 6.09. The monoisotopic (exact) mass is 289 g/mol. The van der Waals surface area contributed by atoms with E-state index in [2.05, 4.69) is 12.1 Å². The van der Waals surface area contributed by atoms with Gasteiger partial charge in [-0.3, -0.25) is 4.79 Å².